The minimum Gasteiger partial charge on any atom is -0.320 e. The molecule has 1 amide bonds. The third-order valence-electron chi connectivity index (χ3n) is 2.47. The first-order chi connectivity index (χ1) is 8.08. The number of amides is 1. The number of carbonyl (C=O) groups is 1. The summed E-state index contributed by atoms with van der Waals surface area (Å²) in [6, 6.07) is 2.64. The minimum absolute atomic E-state index is 0.288. The van der Waals surface area contributed by atoms with Crippen LogP contribution in [-0.4, -0.2) is 20.7 Å². The van der Waals surface area contributed by atoms with Gasteiger partial charge in [0.1, 0.15) is 0 Å². The average Bonchev–Trinajstić information content (AvgIpc) is 2.63. The Bertz CT molecular complexity index is 547. The first kappa shape index (κ1) is 11.3. The molecule has 5 nitrogen and oxygen atoms in total. The van der Waals surface area contributed by atoms with Crippen molar-refractivity contribution in [2.24, 2.45) is 7.05 Å². The molecule has 0 radical (unpaired) electrons. The summed E-state index contributed by atoms with van der Waals surface area (Å²) in [6.07, 6.45) is 2.75. The van der Waals surface area contributed by atoms with E-state index in [0.29, 0.717) is 11.3 Å². The second kappa shape index (κ2) is 4.32. The zero-order chi connectivity index (χ0) is 12.4. The van der Waals surface area contributed by atoms with Gasteiger partial charge in [-0.1, -0.05) is 0 Å². The molecular weight excluding hydrogens is 223 g/mol. The lowest BCUT2D eigenvalue weighted by molar-refractivity contribution is 0.102. The van der Waals surface area contributed by atoms with Crippen molar-refractivity contribution < 1.29 is 9.18 Å². The smallest absolute Gasteiger partial charge is 0.259 e. The summed E-state index contributed by atoms with van der Waals surface area (Å²) in [5, 5.41) is 6.59. The number of nitrogens with one attached hydrogen (secondary N) is 1. The van der Waals surface area contributed by atoms with E-state index in [4.69, 9.17) is 0 Å². The van der Waals surface area contributed by atoms with E-state index in [2.05, 4.69) is 15.4 Å². The molecule has 0 aromatic carbocycles. The first-order valence-electron chi connectivity index (χ1n) is 4.99. The summed E-state index contributed by atoms with van der Waals surface area (Å²) < 4.78 is 14.2. The number of halogens is 1. The molecule has 2 aromatic heterocycles. The van der Waals surface area contributed by atoms with Gasteiger partial charge in [-0.3, -0.25) is 9.48 Å². The second-order valence-corrected chi connectivity index (χ2v) is 3.59. The Balaban J connectivity index is 2.17. The molecule has 0 atom stereocenters. The van der Waals surface area contributed by atoms with Gasteiger partial charge in [-0.05, 0) is 19.1 Å². The van der Waals surface area contributed by atoms with Gasteiger partial charge in [0.15, 0.2) is 0 Å². The van der Waals surface area contributed by atoms with E-state index in [1.54, 1.807) is 18.7 Å². The van der Waals surface area contributed by atoms with Crippen molar-refractivity contribution in [1.29, 1.82) is 0 Å². The van der Waals surface area contributed by atoms with Crippen LogP contribution in [0.4, 0.5) is 10.1 Å². The van der Waals surface area contributed by atoms with Gasteiger partial charge in [0, 0.05) is 12.7 Å². The van der Waals surface area contributed by atoms with Crippen LogP contribution in [0.1, 0.15) is 16.1 Å². The van der Waals surface area contributed by atoms with Crippen LogP contribution in [0.25, 0.3) is 0 Å². The van der Waals surface area contributed by atoms with Gasteiger partial charge in [0.25, 0.3) is 5.91 Å². The van der Waals surface area contributed by atoms with Crippen molar-refractivity contribution in [3.05, 3.63) is 41.7 Å². The number of anilines is 1. The van der Waals surface area contributed by atoms with Gasteiger partial charge < -0.3 is 5.32 Å². The molecule has 17 heavy (non-hydrogen) atoms. The van der Waals surface area contributed by atoms with Crippen LogP contribution in [0.2, 0.25) is 0 Å². The van der Waals surface area contributed by atoms with Gasteiger partial charge >= 0.3 is 0 Å². The first-order valence-corrected chi connectivity index (χ1v) is 4.99. The maximum atomic E-state index is 12.6. The molecule has 0 aliphatic rings. The standard InChI is InChI=1S/C11H11FN4O/c1-7-9(6-14-16(7)2)11(17)15-8-3-4-10(12)13-5-8/h3-6H,1-2H3,(H,15,17). The molecule has 2 heterocycles. The number of hydrogen-bond donors (Lipinski definition) is 1. The Morgan fingerprint density at radius 1 is 1.41 bits per heavy atom. The van der Waals surface area contributed by atoms with Crippen LogP contribution in [0, 0.1) is 12.9 Å². The summed E-state index contributed by atoms with van der Waals surface area (Å²) in [7, 11) is 1.76. The summed E-state index contributed by atoms with van der Waals surface area (Å²) in [6.45, 7) is 1.80. The van der Waals surface area contributed by atoms with E-state index < -0.39 is 5.95 Å². The monoisotopic (exact) mass is 234 g/mol. The van der Waals surface area contributed by atoms with Gasteiger partial charge in [0.05, 0.1) is 23.6 Å². The number of hydrogen-bond acceptors (Lipinski definition) is 3. The molecule has 0 saturated carbocycles. The van der Waals surface area contributed by atoms with Crippen LogP contribution >= 0.6 is 0 Å². The number of rotatable bonds is 2. The highest BCUT2D eigenvalue weighted by atomic mass is 19.1. The molecule has 0 fully saturated rings. The zero-order valence-electron chi connectivity index (χ0n) is 9.44. The van der Waals surface area contributed by atoms with Crippen LogP contribution in [0.5, 0.6) is 0 Å². The molecule has 0 aliphatic heterocycles. The van der Waals surface area contributed by atoms with Crippen molar-refractivity contribution in [1.82, 2.24) is 14.8 Å². The van der Waals surface area contributed by atoms with Crippen molar-refractivity contribution in [2.75, 3.05) is 5.32 Å². The van der Waals surface area contributed by atoms with Crippen LogP contribution in [0.3, 0.4) is 0 Å². The Morgan fingerprint density at radius 3 is 2.71 bits per heavy atom. The quantitative estimate of drug-likeness (QED) is 0.801. The van der Waals surface area contributed by atoms with E-state index in [-0.39, 0.29) is 5.91 Å². The van der Waals surface area contributed by atoms with Gasteiger partial charge in [0.2, 0.25) is 5.95 Å². The van der Waals surface area contributed by atoms with Crippen molar-refractivity contribution in [3.63, 3.8) is 0 Å². The molecule has 1 N–H and O–H groups in total. The van der Waals surface area contributed by atoms with Crippen LogP contribution < -0.4 is 5.32 Å². The fourth-order valence-electron chi connectivity index (χ4n) is 1.37. The van der Waals surface area contributed by atoms with E-state index in [9.17, 15) is 9.18 Å². The van der Waals surface area contributed by atoms with Gasteiger partial charge in [-0.15, -0.1) is 0 Å². The Kier molecular flexibility index (Phi) is 2.86. The van der Waals surface area contributed by atoms with Gasteiger partial charge in [-0.25, -0.2) is 4.98 Å². The largest absolute Gasteiger partial charge is 0.320 e. The van der Waals surface area contributed by atoms with Crippen molar-refractivity contribution in [2.45, 2.75) is 6.92 Å². The number of pyridine rings is 1. The molecule has 0 aliphatic carbocycles. The fourth-order valence-corrected chi connectivity index (χ4v) is 1.37. The molecule has 88 valence electrons. The molecular formula is C11H11FN4O. The van der Waals surface area contributed by atoms with Crippen LogP contribution in [0.15, 0.2) is 24.5 Å². The van der Waals surface area contributed by atoms with Crippen LogP contribution in [-0.2, 0) is 7.05 Å². The molecule has 0 bridgehead atoms. The number of aryl methyl sites for hydroxylation is 1. The number of aromatic nitrogens is 3. The zero-order valence-corrected chi connectivity index (χ0v) is 9.44. The Labute approximate surface area is 97.3 Å². The minimum atomic E-state index is -0.583. The number of nitrogens with zero attached hydrogens (tertiary/aromatic N) is 3. The molecule has 2 aromatic rings. The normalized spacial score (nSPS) is 10.3. The summed E-state index contributed by atoms with van der Waals surface area (Å²) in [5.41, 5.74) is 1.69. The lowest BCUT2D eigenvalue weighted by Gasteiger charge is -2.03. The topological polar surface area (TPSA) is 59.8 Å². The highest BCUT2D eigenvalue weighted by Gasteiger charge is 2.12. The highest BCUT2D eigenvalue weighted by molar-refractivity contribution is 6.04. The maximum Gasteiger partial charge on any atom is 0.259 e. The highest BCUT2D eigenvalue weighted by Crippen LogP contribution is 2.10. The predicted molar refractivity (Wildman–Crippen MR) is 60.1 cm³/mol. The lowest BCUT2D eigenvalue weighted by atomic mass is 10.2. The van der Waals surface area contributed by atoms with E-state index >= 15 is 0 Å². The second-order valence-electron chi connectivity index (χ2n) is 3.59. The average molecular weight is 234 g/mol. The third-order valence-corrected chi connectivity index (χ3v) is 2.47. The fraction of sp³-hybridized carbons (Fsp3) is 0.182. The predicted octanol–water partition coefficient (Wildman–Crippen LogP) is 1.51. The molecule has 0 unspecified atom stereocenters. The van der Waals surface area contributed by atoms with Gasteiger partial charge in [-0.2, -0.15) is 9.49 Å². The van der Waals surface area contributed by atoms with E-state index in [1.807, 2.05) is 0 Å². The Morgan fingerprint density at radius 2 is 2.18 bits per heavy atom. The third kappa shape index (κ3) is 2.30. The molecule has 6 heteroatoms. The summed E-state index contributed by atoms with van der Waals surface area (Å²) in [5.74, 6) is -0.871. The Hall–Kier alpha value is -2.24. The maximum absolute atomic E-state index is 12.6. The van der Waals surface area contributed by atoms with E-state index in [0.717, 1.165) is 5.69 Å². The molecule has 0 saturated heterocycles. The van der Waals surface area contributed by atoms with Crippen molar-refractivity contribution >= 4 is 11.6 Å². The molecule has 2 rings (SSSR count). The lowest BCUT2D eigenvalue weighted by Crippen LogP contribution is -2.13. The van der Waals surface area contributed by atoms with E-state index in [1.165, 1.54) is 24.5 Å². The molecule has 0 spiro atoms. The number of carbonyl (C=O) groups excluding carboxylic acids is 1. The van der Waals surface area contributed by atoms with Crippen molar-refractivity contribution in [3.8, 4) is 0 Å². The summed E-state index contributed by atoms with van der Waals surface area (Å²) in [4.78, 5) is 15.3. The summed E-state index contributed by atoms with van der Waals surface area (Å²) >= 11 is 0. The SMILES string of the molecule is Cc1c(C(=O)Nc2ccc(F)nc2)cnn1C.